The largest absolute Gasteiger partial charge is 0.444 e. The third-order valence-corrected chi connectivity index (χ3v) is 9.98. The first-order valence-corrected chi connectivity index (χ1v) is 16.2. The quantitative estimate of drug-likeness (QED) is 0.324. The van der Waals surface area contributed by atoms with E-state index in [-0.39, 0.29) is 62.6 Å². The lowest BCUT2D eigenvalue weighted by molar-refractivity contribution is 0.0512. The molecule has 246 valence electrons. The molecule has 47 heavy (non-hydrogen) atoms. The SMILES string of the molecule is CN1CCN(C2CN(c3ncc4c5c(c(-c6ncc(F)c7sc(NC(=O)OC(C)(C)C)c(C#N)c67)c(F)c4n3)COC5)CC2O)CC1. The molecule has 2 saturated heterocycles. The molecule has 1 amide bonds. The molecule has 2 unspecified atom stereocenters. The van der Waals surface area contributed by atoms with Crippen LogP contribution in [0.15, 0.2) is 12.4 Å². The molecule has 3 aromatic heterocycles. The van der Waals surface area contributed by atoms with Crippen LogP contribution in [0, 0.1) is 23.0 Å². The van der Waals surface area contributed by atoms with Gasteiger partial charge in [0.05, 0.1) is 47.5 Å². The van der Waals surface area contributed by atoms with Crippen LogP contribution in [0.2, 0.25) is 0 Å². The van der Waals surface area contributed by atoms with Crippen molar-refractivity contribution in [1.29, 1.82) is 5.26 Å². The number of nitrogens with one attached hydrogen (secondary N) is 1. The number of benzene rings is 1. The van der Waals surface area contributed by atoms with Gasteiger partial charge in [0, 0.05) is 61.8 Å². The van der Waals surface area contributed by atoms with Crippen LogP contribution in [-0.2, 0) is 22.7 Å². The van der Waals surface area contributed by atoms with E-state index in [2.05, 4.69) is 37.1 Å². The van der Waals surface area contributed by atoms with Crippen LogP contribution in [0.5, 0.6) is 0 Å². The number of amides is 1. The number of nitriles is 1. The highest BCUT2D eigenvalue weighted by Crippen LogP contribution is 2.46. The number of piperazine rings is 1. The standard InChI is InChI=1S/C32H34F2N8O4S/c1-32(2,3)46-31(44)39-29-16(9-35)24-27(36-11-20(33)28(24)47-29)23-19-15-45-14-18(19)17-10-37-30(38-26(17)25(23)34)42-12-21(22(43)13-42)41-7-5-40(4)6-8-41/h10-11,21-22,43H,5-8,12-15H2,1-4H3,(H,39,44). The lowest BCUT2D eigenvalue weighted by atomic mass is 9.94. The molecule has 2 fully saturated rings. The van der Waals surface area contributed by atoms with E-state index >= 15 is 8.78 Å². The van der Waals surface area contributed by atoms with Gasteiger partial charge in [-0.3, -0.25) is 15.2 Å². The average Bonchev–Trinajstić information content (AvgIpc) is 3.75. The average molecular weight is 665 g/mol. The van der Waals surface area contributed by atoms with Gasteiger partial charge in [0.2, 0.25) is 5.95 Å². The summed E-state index contributed by atoms with van der Waals surface area (Å²) in [6, 6.07) is 1.95. The fraction of sp³-hybridized carbons (Fsp3) is 0.469. The number of aromatic nitrogens is 3. The van der Waals surface area contributed by atoms with Crippen molar-refractivity contribution in [3.8, 4) is 17.3 Å². The highest BCUT2D eigenvalue weighted by molar-refractivity contribution is 7.23. The van der Waals surface area contributed by atoms with Gasteiger partial charge < -0.3 is 24.4 Å². The summed E-state index contributed by atoms with van der Waals surface area (Å²) < 4.78 is 43.2. The van der Waals surface area contributed by atoms with Crippen LogP contribution >= 0.6 is 11.3 Å². The molecule has 4 aromatic rings. The Balaban J connectivity index is 1.32. The normalized spacial score (nSPS) is 20.6. The van der Waals surface area contributed by atoms with Crippen LogP contribution in [0.25, 0.3) is 32.2 Å². The van der Waals surface area contributed by atoms with E-state index in [1.165, 1.54) is 0 Å². The van der Waals surface area contributed by atoms with Crippen LogP contribution in [-0.4, -0.2) is 100 Å². The zero-order chi connectivity index (χ0) is 33.2. The minimum atomic E-state index is -0.812. The van der Waals surface area contributed by atoms with Gasteiger partial charge in [-0.1, -0.05) is 0 Å². The Bertz CT molecular complexity index is 1950. The maximum absolute atomic E-state index is 16.9. The molecule has 0 radical (unpaired) electrons. The van der Waals surface area contributed by atoms with E-state index in [4.69, 9.17) is 9.47 Å². The summed E-state index contributed by atoms with van der Waals surface area (Å²) in [5, 5.41) is 24.3. The second-order valence-electron chi connectivity index (χ2n) is 13.2. The molecular weight excluding hydrogens is 630 g/mol. The Kier molecular flexibility index (Phi) is 7.96. The number of fused-ring (bicyclic) bond motifs is 4. The van der Waals surface area contributed by atoms with E-state index in [1.54, 1.807) is 27.0 Å². The van der Waals surface area contributed by atoms with Gasteiger partial charge in [-0.15, -0.1) is 11.3 Å². The molecule has 7 rings (SSSR count). The molecular formula is C32H34F2N8O4S. The van der Waals surface area contributed by atoms with Crippen molar-refractivity contribution >= 4 is 49.4 Å². The Labute approximate surface area is 273 Å². The minimum Gasteiger partial charge on any atom is -0.444 e. The van der Waals surface area contributed by atoms with Crippen LogP contribution in [0.4, 0.5) is 24.5 Å². The molecule has 15 heteroatoms. The van der Waals surface area contributed by atoms with Crippen molar-refractivity contribution in [2.45, 2.75) is 51.7 Å². The zero-order valence-corrected chi connectivity index (χ0v) is 27.2. The van der Waals surface area contributed by atoms with Crippen LogP contribution in [0.3, 0.4) is 0 Å². The number of aliphatic hydroxyl groups excluding tert-OH is 1. The van der Waals surface area contributed by atoms with Crippen molar-refractivity contribution < 1.29 is 28.2 Å². The van der Waals surface area contributed by atoms with Crippen molar-refractivity contribution in [1.82, 2.24) is 24.8 Å². The number of rotatable bonds is 4. The Morgan fingerprint density at radius 2 is 1.89 bits per heavy atom. The lowest BCUT2D eigenvalue weighted by Crippen LogP contribution is -2.52. The predicted molar refractivity (Wildman–Crippen MR) is 172 cm³/mol. The van der Waals surface area contributed by atoms with Gasteiger partial charge in [-0.05, 0) is 38.9 Å². The minimum absolute atomic E-state index is 0.0342. The van der Waals surface area contributed by atoms with Gasteiger partial charge in [0.15, 0.2) is 11.6 Å². The molecule has 0 aliphatic carbocycles. The monoisotopic (exact) mass is 664 g/mol. The molecule has 3 aliphatic heterocycles. The third kappa shape index (κ3) is 5.63. The number of ether oxygens (including phenoxy) is 2. The fourth-order valence-electron chi connectivity index (χ4n) is 6.60. The van der Waals surface area contributed by atoms with E-state index in [0.717, 1.165) is 43.7 Å². The maximum Gasteiger partial charge on any atom is 0.412 e. The third-order valence-electron chi connectivity index (χ3n) is 8.87. The van der Waals surface area contributed by atoms with Crippen LogP contribution in [0.1, 0.15) is 37.5 Å². The first-order chi connectivity index (χ1) is 22.4. The van der Waals surface area contributed by atoms with Crippen molar-refractivity contribution in [3.05, 3.63) is 40.7 Å². The number of anilines is 2. The van der Waals surface area contributed by atoms with Gasteiger partial charge in [0.1, 0.15) is 22.2 Å². The Morgan fingerprint density at radius 1 is 1.15 bits per heavy atom. The van der Waals surface area contributed by atoms with Gasteiger partial charge in [0.25, 0.3) is 0 Å². The number of thiophene rings is 1. The number of β-amino-alcohol motifs (C(OH)–C–C–N with tert-alkyl or cyclic N) is 1. The van der Waals surface area contributed by atoms with E-state index in [9.17, 15) is 15.2 Å². The Morgan fingerprint density at radius 3 is 2.62 bits per heavy atom. The zero-order valence-electron chi connectivity index (χ0n) is 26.4. The van der Waals surface area contributed by atoms with Gasteiger partial charge in [-0.25, -0.2) is 23.5 Å². The summed E-state index contributed by atoms with van der Waals surface area (Å²) in [7, 11) is 2.08. The summed E-state index contributed by atoms with van der Waals surface area (Å²) >= 11 is 0.847. The van der Waals surface area contributed by atoms with Crippen molar-refractivity contribution in [3.63, 3.8) is 0 Å². The number of hydrogen-bond acceptors (Lipinski definition) is 12. The first-order valence-electron chi connectivity index (χ1n) is 15.4. The number of halogens is 2. The smallest absolute Gasteiger partial charge is 0.412 e. The van der Waals surface area contributed by atoms with Crippen LogP contribution < -0.4 is 10.2 Å². The summed E-state index contributed by atoms with van der Waals surface area (Å²) in [4.78, 5) is 32.5. The summed E-state index contributed by atoms with van der Waals surface area (Å²) in [6.07, 6.45) is 1.13. The van der Waals surface area contributed by atoms with Gasteiger partial charge >= 0.3 is 6.09 Å². The summed E-state index contributed by atoms with van der Waals surface area (Å²) in [6.45, 7) is 9.65. The van der Waals surface area contributed by atoms with Gasteiger partial charge in [-0.2, -0.15) is 5.26 Å². The molecule has 0 spiro atoms. The second-order valence-corrected chi connectivity index (χ2v) is 14.2. The summed E-state index contributed by atoms with van der Waals surface area (Å²) in [5.41, 5.74) is 0.449. The lowest BCUT2D eigenvalue weighted by Gasteiger charge is -2.37. The van der Waals surface area contributed by atoms with E-state index in [1.807, 2.05) is 11.0 Å². The second kappa shape index (κ2) is 11.9. The van der Waals surface area contributed by atoms with Crippen molar-refractivity contribution in [2.24, 2.45) is 0 Å². The molecule has 3 aliphatic rings. The molecule has 12 nitrogen and oxygen atoms in total. The molecule has 2 N–H and O–H groups in total. The van der Waals surface area contributed by atoms with E-state index in [0.29, 0.717) is 29.6 Å². The maximum atomic E-state index is 16.9. The van der Waals surface area contributed by atoms with Crippen molar-refractivity contribution in [2.75, 3.05) is 56.5 Å². The molecule has 2 atom stereocenters. The molecule has 1 aromatic carbocycles. The predicted octanol–water partition coefficient (Wildman–Crippen LogP) is 4.23. The number of nitrogens with zero attached hydrogens (tertiary/aromatic N) is 7. The Hall–Kier alpha value is -4.07. The molecule has 0 bridgehead atoms. The number of likely N-dealkylation sites (N-methyl/N-ethyl adjacent to an activating group) is 1. The topological polar surface area (TPSA) is 140 Å². The highest BCUT2D eigenvalue weighted by atomic mass is 32.1. The number of hydrogen-bond donors (Lipinski definition) is 2. The molecule has 6 heterocycles. The fourth-order valence-corrected chi connectivity index (χ4v) is 7.64. The highest BCUT2D eigenvalue weighted by Gasteiger charge is 2.38. The molecule has 0 saturated carbocycles. The number of carbonyl (C=O) groups excluding carboxylic acids is 1. The number of pyridine rings is 1. The first kappa shape index (κ1) is 31.5. The van der Waals surface area contributed by atoms with E-state index < -0.39 is 29.4 Å². The summed E-state index contributed by atoms with van der Waals surface area (Å²) in [5.74, 6) is -1.14. The number of aliphatic hydroxyl groups is 1. The number of carbonyl (C=O) groups is 1.